The number of halogens is 1. The first kappa shape index (κ1) is 10.7. The van der Waals surface area contributed by atoms with Gasteiger partial charge < -0.3 is 10.2 Å². The van der Waals surface area contributed by atoms with Crippen LogP contribution in [0.1, 0.15) is 13.3 Å². The van der Waals surface area contributed by atoms with E-state index in [1.165, 1.54) is 6.42 Å². The summed E-state index contributed by atoms with van der Waals surface area (Å²) in [5, 5.41) is 4.01. The molecule has 2 heterocycles. The van der Waals surface area contributed by atoms with E-state index in [9.17, 15) is 0 Å². The molecule has 3 nitrogen and oxygen atoms in total. The molecule has 0 bridgehead atoms. The highest BCUT2D eigenvalue weighted by molar-refractivity contribution is 6.29. The quantitative estimate of drug-likeness (QED) is 0.783. The third-order valence-corrected chi connectivity index (χ3v) is 3.21. The average molecular weight is 226 g/mol. The van der Waals surface area contributed by atoms with Crippen LogP contribution in [0.3, 0.4) is 0 Å². The molecule has 15 heavy (non-hydrogen) atoms. The molecule has 0 saturated carbocycles. The van der Waals surface area contributed by atoms with E-state index >= 15 is 0 Å². The van der Waals surface area contributed by atoms with E-state index < -0.39 is 0 Å². The molecule has 0 aromatic carbocycles. The van der Waals surface area contributed by atoms with Crippen LogP contribution >= 0.6 is 11.6 Å². The number of rotatable bonds is 2. The van der Waals surface area contributed by atoms with Crippen molar-refractivity contribution in [1.82, 2.24) is 9.88 Å². The van der Waals surface area contributed by atoms with E-state index in [4.69, 9.17) is 11.6 Å². The standard InChI is InChI=1S/C11H16ClN3/c1-8-5-10(7-15(8)2)14-9-3-4-11(12)13-6-9/h3-4,6,8,10,14H,5,7H2,1-2H3. The lowest BCUT2D eigenvalue weighted by atomic mass is 10.2. The number of aromatic nitrogens is 1. The van der Waals surface area contributed by atoms with E-state index in [0.717, 1.165) is 12.2 Å². The van der Waals surface area contributed by atoms with Crippen LogP contribution in [0.5, 0.6) is 0 Å². The minimum Gasteiger partial charge on any atom is -0.380 e. The Balaban J connectivity index is 1.95. The molecule has 0 radical (unpaired) electrons. The van der Waals surface area contributed by atoms with Crippen molar-refractivity contribution in [3.63, 3.8) is 0 Å². The first-order valence-corrected chi connectivity index (χ1v) is 5.61. The highest BCUT2D eigenvalue weighted by atomic mass is 35.5. The van der Waals surface area contributed by atoms with Gasteiger partial charge in [0.15, 0.2) is 0 Å². The van der Waals surface area contributed by atoms with Crippen molar-refractivity contribution < 1.29 is 0 Å². The number of hydrogen-bond donors (Lipinski definition) is 1. The van der Waals surface area contributed by atoms with E-state index in [1.807, 2.05) is 12.1 Å². The molecule has 0 amide bonds. The Morgan fingerprint density at radius 1 is 1.53 bits per heavy atom. The smallest absolute Gasteiger partial charge is 0.129 e. The molecule has 0 spiro atoms. The lowest BCUT2D eigenvalue weighted by molar-refractivity contribution is 0.330. The highest BCUT2D eigenvalue weighted by Crippen LogP contribution is 2.19. The Morgan fingerprint density at radius 2 is 2.33 bits per heavy atom. The summed E-state index contributed by atoms with van der Waals surface area (Å²) in [4.78, 5) is 6.41. The normalized spacial score (nSPS) is 26.9. The molecule has 1 aliphatic rings. The van der Waals surface area contributed by atoms with Gasteiger partial charge in [0.05, 0.1) is 11.9 Å². The number of likely N-dealkylation sites (N-methyl/N-ethyl adjacent to an activating group) is 1. The van der Waals surface area contributed by atoms with Gasteiger partial charge >= 0.3 is 0 Å². The van der Waals surface area contributed by atoms with Gasteiger partial charge in [-0.25, -0.2) is 4.98 Å². The monoisotopic (exact) mass is 225 g/mol. The fourth-order valence-electron chi connectivity index (χ4n) is 2.00. The summed E-state index contributed by atoms with van der Waals surface area (Å²) in [6.45, 7) is 3.34. The number of hydrogen-bond acceptors (Lipinski definition) is 3. The van der Waals surface area contributed by atoms with Crippen molar-refractivity contribution in [3.8, 4) is 0 Å². The van der Waals surface area contributed by atoms with Crippen LogP contribution in [0.25, 0.3) is 0 Å². The zero-order valence-electron chi connectivity index (χ0n) is 9.07. The minimum absolute atomic E-state index is 0.521. The molecule has 4 heteroatoms. The van der Waals surface area contributed by atoms with Crippen LogP contribution in [-0.2, 0) is 0 Å². The van der Waals surface area contributed by atoms with Gasteiger partial charge in [-0.05, 0) is 32.5 Å². The lowest BCUT2D eigenvalue weighted by Crippen LogP contribution is -2.24. The second-order valence-corrected chi connectivity index (χ2v) is 4.62. The van der Waals surface area contributed by atoms with Crippen LogP contribution in [0.15, 0.2) is 18.3 Å². The maximum atomic E-state index is 5.73. The van der Waals surface area contributed by atoms with Gasteiger partial charge in [0, 0.05) is 18.6 Å². The number of nitrogens with one attached hydrogen (secondary N) is 1. The molecule has 1 saturated heterocycles. The predicted octanol–water partition coefficient (Wildman–Crippen LogP) is 2.24. The molecular weight excluding hydrogens is 210 g/mol. The van der Waals surface area contributed by atoms with E-state index in [0.29, 0.717) is 17.2 Å². The van der Waals surface area contributed by atoms with Gasteiger partial charge in [0.2, 0.25) is 0 Å². The Kier molecular flexibility index (Phi) is 3.12. The predicted molar refractivity (Wildman–Crippen MR) is 63.4 cm³/mol. The van der Waals surface area contributed by atoms with Crippen LogP contribution in [0.2, 0.25) is 5.15 Å². The molecule has 1 N–H and O–H groups in total. The average Bonchev–Trinajstić information content (AvgIpc) is 2.50. The molecular formula is C11H16ClN3. The molecule has 1 aromatic heterocycles. The number of pyridine rings is 1. The first-order chi connectivity index (χ1) is 7.15. The van der Waals surface area contributed by atoms with Gasteiger partial charge in [-0.1, -0.05) is 11.6 Å². The second kappa shape index (κ2) is 4.37. The van der Waals surface area contributed by atoms with Crippen molar-refractivity contribution >= 4 is 17.3 Å². The summed E-state index contributed by atoms with van der Waals surface area (Å²) in [6.07, 6.45) is 2.96. The van der Waals surface area contributed by atoms with Crippen molar-refractivity contribution in [2.24, 2.45) is 0 Å². The third kappa shape index (κ3) is 2.61. The lowest BCUT2D eigenvalue weighted by Gasteiger charge is -2.14. The topological polar surface area (TPSA) is 28.2 Å². The molecule has 0 aliphatic carbocycles. The third-order valence-electron chi connectivity index (χ3n) is 2.98. The van der Waals surface area contributed by atoms with Crippen LogP contribution in [-0.4, -0.2) is 35.6 Å². The van der Waals surface area contributed by atoms with Crippen LogP contribution < -0.4 is 5.32 Å². The van der Waals surface area contributed by atoms with Crippen molar-refractivity contribution in [2.45, 2.75) is 25.4 Å². The highest BCUT2D eigenvalue weighted by Gasteiger charge is 2.25. The van der Waals surface area contributed by atoms with Crippen LogP contribution in [0.4, 0.5) is 5.69 Å². The molecule has 82 valence electrons. The van der Waals surface area contributed by atoms with Gasteiger partial charge in [-0.15, -0.1) is 0 Å². The first-order valence-electron chi connectivity index (χ1n) is 5.23. The number of anilines is 1. The van der Waals surface area contributed by atoms with Gasteiger partial charge in [-0.2, -0.15) is 0 Å². The van der Waals surface area contributed by atoms with Gasteiger partial charge in [-0.3, -0.25) is 0 Å². The Morgan fingerprint density at radius 3 is 2.87 bits per heavy atom. The maximum Gasteiger partial charge on any atom is 0.129 e. The van der Waals surface area contributed by atoms with E-state index in [-0.39, 0.29) is 0 Å². The van der Waals surface area contributed by atoms with Crippen molar-refractivity contribution in [3.05, 3.63) is 23.5 Å². The fourth-order valence-corrected chi connectivity index (χ4v) is 2.11. The molecule has 1 fully saturated rings. The second-order valence-electron chi connectivity index (χ2n) is 4.24. The number of likely N-dealkylation sites (tertiary alicyclic amines) is 1. The summed E-state index contributed by atoms with van der Waals surface area (Å²) >= 11 is 5.73. The summed E-state index contributed by atoms with van der Waals surface area (Å²) in [5.74, 6) is 0. The zero-order chi connectivity index (χ0) is 10.8. The van der Waals surface area contributed by atoms with E-state index in [2.05, 4.69) is 29.2 Å². The summed E-state index contributed by atoms with van der Waals surface area (Å²) < 4.78 is 0. The molecule has 2 unspecified atom stereocenters. The van der Waals surface area contributed by atoms with E-state index in [1.54, 1.807) is 6.20 Å². The Bertz CT molecular complexity index is 315. The van der Waals surface area contributed by atoms with Gasteiger partial charge in [0.25, 0.3) is 0 Å². The van der Waals surface area contributed by atoms with Crippen LogP contribution in [0, 0.1) is 0 Å². The summed E-state index contributed by atoms with van der Waals surface area (Å²) in [6, 6.07) is 4.96. The molecule has 1 aliphatic heterocycles. The maximum absolute atomic E-state index is 5.73. The Hall–Kier alpha value is -0.800. The summed E-state index contributed by atoms with van der Waals surface area (Å²) in [7, 11) is 2.16. The largest absolute Gasteiger partial charge is 0.380 e. The molecule has 2 atom stereocenters. The SMILES string of the molecule is CC1CC(Nc2ccc(Cl)nc2)CN1C. The summed E-state index contributed by atoms with van der Waals surface area (Å²) in [5.41, 5.74) is 1.05. The van der Waals surface area contributed by atoms with Gasteiger partial charge in [0.1, 0.15) is 5.15 Å². The van der Waals surface area contributed by atoms with Crippen molar-refractivity contribution in [1.29, 1.82) is 0 Å². The number of nitrogens with zero attached hydrogens (tertiary/aromatic N) is 2. The zero-order valence-corrected chi connectivity index (χ0v) is 9.83. The fraction of sp³-hybridized carbons (Fsp3) is 0.545. The minimum atomic E-state index is 0.521. The Labute approximate surface area is 95.4 Å². The molecule has 1 aromatic rings. The van der Waals surface area contributed by atoms with Crippen molar-refractivity contribution in [2.75, 3.05) is 18.9 Å². The molecule has 2 rings (SSSR count).